The number of hydrogen-bond acceptors (Lipinski definition) is 4. The molecule has 1 rings (SSSR count). The SMILES string of the molecule is CCCCCN(C)c1nc(C(C)N)cs1. The predicted octanol–water partition coefficient (Wildman–Crippen LogP) is 2.79. The first kappa shape index (κ1) is 12.5. The molecule has 0 spiro atoms. The summed E-state index contributed by atoms with van der Waals surface area (Å²) < 4.78 is 0. The van der Waals surface area contributed by atoms with Gasteiger partial charge in [0.05, 0.1) is 5.69 Å². The highest BCUT2D eigenvalue weighted by molar-refractivity contribution is 7.13. The monoisotopic (exact) mass is 227 g/mol. The van der Waals surface area contributed by atoms with Gasteiger partial charge in [0.2, 0.25) is 0 Å². The largest absolute Gasteiger partial charge is 0.351 e. The fourth-order valence-electron chi connectivity index (χ4n) is 1.36. The molecule has 0 fully saturated rings. The third kappa shape index (κ3) is 3.80. The molecule has 0 aliphatic rings. The number of hydrogen-bond donors (Lipinski definition) is 1. The van der Waals surface area contributed by atoms with Crippen LogP contribution in [0.4, 0.5) is 5.13 Å². The Hall–Kier alpha value is -0.610. The predicted molar refractivity (Wildman–Crippen MR) is 67.5 cm³/mol. The number of nitrogens with zero attached hydrogens (tertiary/aromatic N) is 2. The summed E-state index contributed by atoms with van der Waals surface area (Å²) in [5, 5.41) is 3.13. The molecule has 0 saturated carbocycles. The van der Waals surface area contributed by atoms with Crippen LogP contribution in [0.15, 0.2) is 5.38 Å². The summed E-state index contributed by atoms with van der Waals surface area (Å²) in [6.45, 7) is 5.27. The summed E-state index contributed by atoms with van der Waals surface area (Å²) in [4.78, 5) is 6.72. The van der Waals surface area contributed by atoms with Crippen LogP contribution in [0.2, 0.25) is 0 Å². The molecule has 0 amide bonds. The van der Waals surface area contributed by atoms with E-state index in [1.807, 2.05) is 6.92 Å². The van der Waals surface area contributed by atoms with Gasteiger partial charge in [-0.2, -0.15) is 0 Å². The van der Waals surface area contributed by atoms with Gasteiger partial charge in [-0.3, -0.25) is 0 Å². The van der Waals surface area contributed by atoms with Gasteiger partial charge in [-0.25, -0.2) is 4.98 Å². The smallest absolute Gasteiger partial charge is 0.185 e. The van der Waals surface area contributed by atoms with Crippen LogP contribution in [-0.2, 0) is 0 Å². The lowest BCUT2D eigenvalue weighted by Crippen LogP contribution is -2.18. The van der Waals surface area contributed by atoms with E-state index in [-0.39, 0.29) is 6.04 Å². The van der Waals surface area contributed by atoms with Crippen molar-refractivity contribution in [2.24, 2.45) is 5.73 Å². The van der Waals surface area contributed by atoms with E-state index in [1.165, 1.54) is 19.3 Å². The van der Waals surface area contributed by atoms with Gasteiger partial charge in [-0.05, 0) is 13.3 Å². The maximum absolute atomic E-state index is 5.77. The maximum atomic E-state index is 5.77. The van der Waals surface area contributed by atoms with Crippen LogP contribution in [0.1, 0.15) is 44.8 Å². The van der Waals surface area contributed by atoms with Crippen LogP contribution in [0.25, 0.3) is 0 Å². The molecule has 0 radical (unpaired) electrons. The molecule has 86 valence electrons. The average Bonchev–Trinajstić information content (AvgIpc) is 2.66. The summed E-state index contributed by atoms with van der Waals surface area (Å²) in [5.41, 5.74) is 6.77. The molecular weight excluding hydrogens is 206 g/mol. The van der Waals surface area contributed by atoms with E-state index in [2.05, 4.69) is 29.2 Å². The topological polar surface area (TPSA) is 42.2 Å². The molecule has 1 atom stereocenters. The number of rotatable bonds is 6. The molecule has 0 aliphatic heterocycles. The standard InChI is InChI=1S/C11H21N3S/c1-4-5-6-7-14(3)11-13-10(8-15-11)9(2)12/h8-9H,4-7,12H2,1-3H3. The number of nitrogens with two attached hydrogens (primary N) is 1. The highest BCUT2D eigenvalue weighted by atomic mass is 32.1. The van der Waals surface area contributed by atoms with Crippen LogP contribution < -0.4 is 10.6 Å². The Balaban J connectivity index is 2.47. The summed E-state index contributed by atoms with van der Waals surface area (Å²) in [6.07, 6.45) is 3.78. The van der Waals surface area contributed by atoms with E-state index < -0.39 is 0 Å². The highest BCUT2D eigenvalue weighted by Gasteiger charge is 2.08. The van der Waals surface area contributed by atoms with Crippen molar-refractivity contribution in [3.05, 3.63) is 11.1 Å². The molecule has 1 aromatic heterocycles. The molecule has 0 aromatic carbocycles. The van der Waals surface area contributed by atoms with E-state index >= 15 is 0 Å². The lowest BCUT2D eigenvalue weighted by molar-refractivity contribution is 0.702. The third-order valence-corrected chi connectivity index (χ3v) is 3.37. The molecular formula is C11H21N3S. The summed E-state index contributed by atoms with van der Waals surface area (Å²) in [7, 11) is 2.10. The van der Waals surface area contributed by atoms with Crippen molar-refractivity contribution in [1.82, 2.24) is 4.98 Å². The summed E-state index contributed by atoms with van der Waals surface area (Å²) in [5.74, 6) is 0. The van der Waals surface area contributed by atoms with E-state index in [9.17, 15) is 0 Å². The first-order valence-electron chi connectivity index (χ1n) is 5.57. The van der Waals surface area contributed by atoms with Gasteiger partial charge in [-0.1, -0.05) is 19.8 Å². The van der Waals surface area contributed by atoms with Crippen molar-refractivity contribution in [2.75, 3.05) is 18.5 Å². The van der Waals surface area contributed by atoms with E-state index in [0.29, 0.717) is 0 Å². The van der Waals surface area contributed by atoms with Crippen molar-refractivity contribution in [1.29, 1.82) is 0 Å². The third-order valence-electron chi connectivity index (χ3n) is 2.40. The van der Waals surface area contributed by atoms with E-state index in [4.69, 9.17) is 5.73 Å². The number of aromatic nitrogens is 1. The maximum Gasteiger partial charge on any atom is 0.185 e. The van der Waals surface area contributed by atoms with Crippen molar-refractivity contribution < 1.29 is 0 Å². The normalized spacial score (nSPS) is 12.8. The number of thiazole rings is 1. The van der Waals surface area contributed by atoms with Crippen LogP contribution in [0.5, 0.6) is 0 Å². The summed E-state index contributed by atoms with van der Waals surface area (Å²) >= 11 is 1.68. The quantitative estimate of drug-likeness (QED) is 0.760. The second-order valence-electron chi connectivity index (χ2n) is 3.97. The van der Waals surface area contributed by atoms with Crippen molar-refractivity contribution >= 4 is 16.5 Å². The minimum Gasteiger partial charge on any atom is -0.351 e. The van der Waals surface area contributed by atoms with Crippen molar-refractivity contribution in [3.8, 4) is 0 Å². The molecule has 0 bridgehead atoms. The molecule has 1 unspecified atom stereocenters. The van der Waals surface area contributed by atoms with E-state index in [0.717, 1.165) is 17.4 Å². The minimum absolute atomic E-state index is 0.0408. The zero-order valence-corrected chi connectivity index (χ0v) is 10.7. The molecule has 0 aliphatic carbocycles. The Labute approximate surface area is 96.3 Å². The van der Waals surface area contributed by atoms with Gasteiger partial charge in [0.1, 0.15) is 0 Å². The molecule has 15 heavy (non-hydrogen) atoms. The van der Waals surface area contributed by atoms with Crippen LogP contribution >= 0.6 is 11.3 Å². The van der Waals surface area contributed by atoms with Gasteiger partial charge in [0, 0.05) is 25.0 Å². The fourth-order valence-corrected chi connectivity index (χ4v) is 2.28. The first-order chi connectivity index (χ1) is 7.15. The summed E-state index contributed by atoms with van der Waals surface area (Å²) in [6, 6.07) is 0.0408. The zero-order valence-electron chi connectivity index (χ0n) is 9.86. The van der Waals surface area contributed by atoms with Gasteiger partial charge in [0.25, 0.3) is 0 Å². The van der Waals surface area contributed by atoms with Crippen molar-refractivity contribution in [2.45, 2.75) is 39.2 Å². The van der Waals surface area contributed by atoms with Gasteiger partial charge in [-0.15, -0.1) is 11.3 Å². The van der Waals surface area contributed by atoms with Crippen LogP contribution in [0.3, 0.4) is 0 Å². The molecule has 2 N–H and O–H groups in total. The highest BCUT2D eigenvalue weighted by Crippen LogP contribution is 2.22. The average molecular weight is 227 g/mol. The molecule has 1 heterocycles. The second-order valence-corrected chi connectivity index (χ2v) is 4.81. The number of anilines is 1. The molecule has 4 heteroatoms. The van der Waals surface area contributed by atoms with Gasteiger partial charge >= 0.3 is 0 Å². The Morgan fingerprint density at radius 1 is 1.53 bits per heavy atom. The Morgan fingerprint density at radius 3 is 2.80 bits per heavy atom. The fraction of sp³-hybridized carbons (Fsp3) is 0.727. The van der Waals surface area contributed by atoms with E-state index in [1.54, 1.807) is 11.3 Å². The van der Waals surface area contributed by atoms with Crippen LogP contribution in [0, 0.1) is 0 Å². The zero-order chi connectivity index (χ0) is 11.3. The first-order valence-corrected chi connectivity index (χ1v) is 6.45. The minimum atomic E-state index is 0.0408. The lowest BCUT2D eigenvalue weighted by atomic mass is 10.2. The Kier molecular flexibility index (Phi) is 5.05. The number of unbranched alkanes of at least 4 members (excludes halogenated alkanes) is 2. The Bertz CT molecular complexity index is 283. The van der Waals surface area contributed by atoms with Crippen molar-refractivity contribution in [3.63, 3.8) is 0 Å². The van der Waals surface area contributed by atoms with Gasteiger partial charge < -0.3 is 10.6 Å². The molecule has 1 aromatic rings. The molecule has 0 saturated heterocycles. The van der Waals surface area contributed by atoms with Crippen LogP contribution in [-0.4, -0.2) is 18.6 Å². The van der Waals surface area contributed by atoms with Gasteiger partial charge in [0.15, 0.2) is 5.13 Å². The Morgan fingerprint density at radius 2 is 2.27 bits per heavy atom. The second kappa shape index (κ2) is 6.08. The molecule has 3 nitrogen and oxygen atoms in total. The lowest BCUT2D eigenvalue weighted by Gasteiger charge is -2.15.